The Hall–Kier alpha value is -2.61. The molecule has 0 N–H and O–H groups in total. The Morgan fingerprint density at radius 3 is 2.20 bits per heavy atom. The molecule has 98 valence electrons. The Morgan fingerprint density at radius 1 is 0.750 bits per heavy atom. The van der Waals surface area contributed by atoms with E-state index in [0.29, 0.717) is 0 Å². The molecular formula is C18H15NO. The number of hydrogen-bond acceptors (Lipinski definition) is 2. The molecule has 1 heterocycles. The molecule has 20 heavy (non-hydrogen) atoms. The van der Waals surface area contributed by atoms with Gasteiger partial charge >= 0.3 is 0 Å². The fourth-order valence-electron chi connectivity index (χ4n) is 2.33. The van der Waals surface area contributed by atoms with E-state index in [4.69, 9.17) is 4.74 Å². The minimum absolute atomic E-state index is 0.859. The van der Waals surface area contributed by atoms with Crippen LogP contribution in [0.25, 0.3) is 22.4 Å². The first-order valence-corrected chi connectivity index (χ1v) is 6.54. The summed E-state index contributed by atoms with van der Waals surface area (Å²) in [5.41, 5.74) is 4.15. The van der Waals surface area contributed by atoms with Crippen molar-refractivity contribution in [3.63, 3.8) is 0 Å². The number of rotatable bonds is 3. The Balaban J connectivity index is 2.19. The fourth-order valence-corrected chi connectivity index (χ4v) is 2.33. The van der Waals surface area contributed by atoms with Crippen molar-refractivity contribution in [3.8, 4) is 28.1 Å². The van der Waals surface area contributed by atoms with E-state index in [1.807, 2.05) is 48.5 Å². The average molecular weight is 261 g/mol. The molecule has 3 rings (SSSR count). The zero-order chi connectivity index (χ0) is 13.8. The Morgan fingerprint density at radius 2 is 1.50 bits per heavy atom. The van der Waals surface area contributed by atoms with Gasteiger partial charge in [0.1, 0.15) is 5.75 Å². The highest BCUT2D eigenvalue weighted by molar-refractivity contribution is 5.81. The van der Waals surface area contributed by atoms with Crippen LogP contribution < -0.4 is 4.74 Å². The van der Waals surface area contributed by atoms with Crippen LogP contribution >= 0.6 is 0 Å². The van der Waals surface area contributed by atoms with Crippen molar-refractivity contribution in [1.29, 1.82) is 0 Å². The maximum Gasteiger partial charge on any atom is 0.136 e. The monoisotopic (exact) mass is 261 g/mol. The Bertz CT molecular complexity index is 635. The van der Waals surface area contributed by atoms with Gasteiger partial charge in [0.2, 0.25) is 0 Å². The maximum absolute atomic E-state index is 5.65. The molecule has 0 amide bonds. The second kappa shape index (κ2) is 5.57. The molecule has 0 radical (unpaired) electrons. The van der Waals surface area contributed by atoms with Crippen molar-refractivity contribution in [1.82, 2.24) is 4.98 Å². The SMILES string of the molecule is COc1c(-c2ccccc2)cccc1-c1ccccn1. The predicted octanol–water partition coefficient (Wildman–Crippen LogP) is 4.42. The van der Waals surface area contributed by atoms with E-state index in [2.05, 4.69) is 23.2 Å². The van der Waals surface area contributed by atoms with Crippen molar-refractivity contribution in [2.24, 2.45) is 0 Å². The average Bonchev–Trinajstić information content (AvgIpc) is 2.55. The van der Waals surface area contributed by atoms with Crippen molar-refractivity contribution >= 4 is 0 Å². The summed E-state index contributed by atoms with van der Waals surface area (Å²) >= 11 is 0. The molecule has 1 aromatic heterocycles. The van der Waals surface area contributed by atoms with Crippen LogP contribution in [0.2, 0.25) is 0 Å². The minimum Gasteiger partial charge on any atom is -0.495 e. The highest BCUT2D eigenvalue weighted by Gasteiger charge is 2.12. The first-order chi connectivity index (χ1) is 9.90. The number of nitrogens with zero attached hydrogens (tertiary/aromatic N) is 1. The van der Waals surface area contributed by atoms with Gasteiger partial charge in [-0.05, 0) is 23.8 Å². The molecule has 0 unspecified atom stereocenters. The van der Waals surface area contributed by atoms with Gasteiger partial charge in [-0.25, -0.2) is 0 Å². The van der Waals surface area contributed by atoms with Crippen molar-refractivity contribution < 1.29 is 4.74 Å². The standard InChI is InChI=1S/C18H15NO/c1-20-18-15(14-8-3-2-4-9-14)10-7-11-16(18)17-12-5-6-13-19-17/h2-13H,1H3. The zero-order valence-corrected chi connectivity index (χ0v) is 11.3. The van der Waals surface area contributed by atoms with E-state index in [1.165, 1.54) is 0 Å². The molecular weight excluding hydrogens is 246 g/mol. The van der Waals surface area contributed by atoms with Crippen LogP contribution in [0.5, 0.6) is 5.75 Å². The first kappa shape index (κ1) is 12.4. The van der Waals surface area contributed by atoms with E-state index in [0.717, 1.165) is 28.1 Å². The summed E-state index contributed by atoms with van der Waals surface area (Å²) in [6.45, 7) is 0. The van der Waals surface area contributed by atoms with Gasteiger partial charge in [0.15, 0.2) is 0 Å². The number of ether oxygens (including phenoxy) is 1. The van der Waals surface area contributed by atoms with Gasteiger partial charge in [-0.15, -0.1) is 0 Å². The van der Waals surface area contributed by atoms with Crippen LogP contribution in [0.1, 0.15) is 0 Å². The van der Waals surface area contributed by atoms with Gasteiger partial charge in [0.25, 0.3) is 0 Å². The Kier molecular flexibility index (Phi) is 3.46. The quantitative estimate of drug-likeness (QED) is 0.696. The summed E-state index contributed by atoms with van der Waals surface area (Å²) in [6, 6.07) is 22.3. The summed E-state index contributed by atoms with van der Waals surface area (Å²) in [5, 5.41) is 0. The molecule has 0 aliphatic rings. The smallest absolute Gasteiger partial charge is 0.136 e. The third kappa shape index (κ3) is 2.28. The molecule has 0 saturated carbocycles. The number of para-hydroxylation sites is 1. The lowest BCUT2D eigenvalue weighted by Crippen LogP contribution is -1.93. The Labute approximate surface area is 118 Å². The van der Waals surface area contributed by atoms with Gasteiger partial charge in [-0.2, -0.15) is 0 Å². The number of pyridine rings is 1. The first-order valence-electron chi connectivity index (χ1n) is 6.54. The molecule has 0 aliphatic heterocycles. The summed E-state index contributed by atoms with van der Waals surface area (Å²) in [6.07, 6.45) is 1.80. The lowest BCUT2D eigenvalue weighted by molar-refractivity contribution is 0.418. The maximum atomic E-state index is 5.65. The lowest BCUT2D eigenvalue weighted by atomic mass is 9.99. The predicted molar refractivity (Wildman–Crippen MR) is 81.7 cm³/mol. The topological polar surface area (TPSA) is 22.1 Å². The number of benzene rings is 2. The van der Waals surface area contributed by atoms with Gasteiger partial charge in [-0.1, -0.05) is 48.5 Å². The molecule has 3 aromatic rings. The molecule has 2 heteroatoms. The number of hydrogen-bond donors (Lipinski definition) is 0. The highest BCUT2D eigenvalue weighted by Crippen LogP contribution is 2.37. The number of aromatic nitrogens is 1. The van der Waals surface area contributed by atoms with Gasteiger partial charge in [0.05, 0.1) is 12.8 Å². The van der Waals surface area contributed by atoms with Crippen LogP contribution in [0.4, 0.5) is 0 Å². The molecule has 0 atom stereocenters. The van der Waals surface area contributed by atoms with E-state index in [1.54, 1.807) is 13.3 Å². The third-order valence-corrected chi connectivity index (χ3v) is 3.24. The molecule has 0 aliphatic carbocycles. The molecule has 2 nitrogen and oxygen atoms in total. The number of methoxy groups -OCH3 is 1. The lowest BCUT2D eigenvalue weighted by Gasteiger charge is -2.13. The molecule has 0 fully saturated rings. The van der Waals surface area contributed by atoms with Crippen LogP contribution in [0, 0.1) is 0 Å². The molecule has 0 spiro atoms. The van der Waals surface area contributed by atoms with Gasteiger partial charge in [-0.3, -0.25) is 4.98 Å². The second-order valence-corrected chi connectivity index (χ2v) is 4.47. The second-order valence-electron chi connectivity index (χ2n) is 4.47. The molecule has 2 aromatic carbocycles. The van der Waals surface area contributed by atoms with Crippen molar-refractivity contribution in [2.45, 2.75) is 0 Å². The van der Waals surface area contributed by atoms with Crippen LogP contribution in [0.15, 0.2) is 72.9 Å². The summed E-state index contributed by atoms with van der Waals surface area (Å²) < 4.78 is 5.65. The largest absolute Gasteiger partial charge is 0.495 e. The normalized spacial score (nSPS) is 10.2. The van der Waals surface area contributed by atoms with Crippen molar-refractivity contribution in [2.75, 3.05) is 7.11 Å². The van der Waals surface area contributed by atoms with Crippen LogP contribution in [-0.4, -0.2) is 12.1 Å². The summed E-state index contributed by atoms with van der Waals surface area (Å²) in [4.78, 5) is 4.41. The minimum atomic E-state index is 0.859. The van der Waals surface area contributed by atoms with Gasteiger partial charge in [0, 0.05) is 17.3 Å². The molecule has 0 saturated heterocycles. The fraction of sp³-hybridized carbons (Fsp3) is 0.0556. The zero-order valence-electron chi connectivity index (χ0n) is 11.3. The van der Waals surface area contributed by atoms with Crippen LogP contribution in [-0.2, 0) is 0 Å². The summed E-state index contributed by atoms with van der Waals surface area (Å²) in [5.74, 6) is 0.859. The van der Waals surface area contributed by atoms with E-state index < -0.39 is 0 Å². The third-order valence-electron chi connectivity index (χ3n) is 3.24. The van der Waals surface area contributed by atoms with E-state index in [-0.39, 0.29) is 0 Å². The van der Waals surface area contributed by atoms with Crippen molar-refractivity contribution in [3.05, 3.63) is 72.9 Å². The van der Waals surface area contributed by atoms with E-state index >= 15 is 0 Å². The van der Waals surface area contributed by atoms with E-state index in [9.17, 15) is 0 Å². The highest BCUT2D eigenvalue weighted by atomic mass is 16.5. The van der Waals surface area contributed by atoms with Gasteiger partial charge < -0.3 is 4.74 Å². The molecule has 0 bridgehead atoms. The van der Waals surface area contributed by atoms with Crippen LogP contribution in [0.3, 0.4) is 0 Å². The summed E-state index contributed by atoms with van der Waals surface area (Å²) in [7, 11) is 1.70.